The molecule has 0 spiro atoms. The molecule has 134 valence electrons. The van der Waals surface area contributed by atoms with Gasteiger partial charge in [-0.2, -0.15) is 0 Å². The molecule has 0 saturated carbocycles. The van der Waals surface area contributed by atoms with Gasteiger partial charge in [-0.1, -0.05) is 36.4 Å². The van der Waals surface area contributed by atoms with E-state index in [1.165, 1.54) is 0 Å². The van der Waals surface area contributed by atoms with Crippen LogP contribution in [-0.2, 0) is 0 Å². The van der Waals surface area contributed by atoms with Gasteiger partial charge in [-0.3, -0.25) is 9.59 Å². The Morgan fingerprint density at radius 1 is 0.536 bits per heavy atom. The molecule has 5 aromatic rings. The lowest BCUT2D eigenvalue weighted by molar-refractivity contribution is 0.0920. The molecular weight excluding hydrogens is 356 g/mol. The lowest BCUT2D eigenvalue weighted by Gasteiger charge is -1.97. The highest BCUT2D eigenvalue weighted by Crippen LogP contribution is 2.20. The third kappa shape index (κ3) is 2.55. The van der Waals surface area contributed by atoms with E-state index >= 15 is 0 Å². The summed E-state index contributed by atoms with van der Waals surface area (Å²) in [5, 5.41) is 17.1. The first-order valence-electron chi connectivity index (χ1n) is 8.53. The Labute approximate surface area is 158 Å². The summed E-state index contributed by atoms with van der Waals surface area (Å²) < 4.78 is 0. The summed E-state index contributed by atoms with van der Waals surface area (Å²) in [7, 11) is 0. The van der Waals surface area contributed by atoms with Crippen molar-refractivity contribution in [2.75, 3.05) is 0 Å². The third-order valence-electron chi connectivity index (χ3n) is 4.31. The van der Waals surface area contributed by atoms with E-state index in [0.717, 1.165) is 9.59 Å². The molecule has 8 nitrogen and oxygen atoms in total. The summed E-state index contributed by atoms with van der Waals surface area (Å²) in [5.41, 5.74) is 2.76. The van der Waals surface area contributed by atoms with Crippen LogP contribution in [0.1, 0.15) is 20.7 Å². The second kappa shape index (κ2) is 6.20. The average molecular weight is 368 g/mol. The zero-order chi connectivity index (χ0) is 19.1. The molecule has 2 aromatic heterocycles. The fourth-order valence-electron chi connectivity index (χ4n) is 2.93. The van der Waals surface area contributed by atoms with E-state index in [4.69, 9.17) is 0 Å². The van der Waals surface area contributed by atoms with Crippen LogP contribution >= 0.6 is 0 Å². The van der Waals surface area contributed by atoms with Crippen LogP contribution < -0.4 is 0 Å². The monoisotopic (exact) mass is 368 g/mol. The van der Waals surface area contributed by atoms with E-state index in [0.29, 0.717) is 33.2 Å². The second-order valence-corrected chi connectivity index (χ2v) is 6.12. The van der Waals surface area contributed by atoms with E-state index < -0.39 is 0 Å². The Morgan fingerprint density at radius 3 is 1.32 bits per heavy atom. The quantitative estimate of drug-likeness (QED) is 0.475. The Balaban J connectivity index is 1.60. The number of fused-ring (bicyclic) bond motifs is 3. The van der Waals surface area contributed by atoms with Crippen LogP contribution in [0.3, 0.4) is 0 Å². The third-order valence-corrected chi connectivity index (χ3v) is 4.31. The van der Waals surface area contributed by atoms with Crippen molar-refractivity contribution in [3.8, 4) is 0 Å². The zero-order valence-corrected chi connectivity index (χ0v) is 14.4. The smallest absolute Gasteiger partial charge is 0.265 e. The molecule has 28 heavy (non-hydrogen) atoms. The Kier molecular flexibility index (Phi) is 3.55. The second-order valence-electron chi connectivity index (χ2n) is 6.12. The Morgan fingerprint density at radius 2 is 0.929 bits per heavy atom. The maximum atomic E-state index is 12.6. The number of hydrogen-bond donors (Lipinski definition) is 0. The zero-order valence-electron chi connectivity index (χ0n) is 14.4. The summed E-state index contributed by atoms with van der Waals surface area (Å²) in [6.45, 7) is 0. The molecule has 0 aliphatic heterocycles. The van der Waals surface area contributed by atoms with E-state index in [-0.39, 0.29) is 11.8 Å². The number of rotatable bonds is 2. The Hall–Kier alpha value is -4.20. The van der Waals surface area contributed by atoms with Crippen molar-refractivity contribution in [1.29, 1.82) is 0 Å². The Bertz CT molecular complexity index is 1230. The summed E-state index contributed by atoms with van der Waals surface area (Å²) in [5.74, 6) is -0.699. The van der Waals surface area contributed by atoms with E-state index in [2.05, 4.69) is 20.4 Å². The van der Waals surface area contributed by atoms with E-state index in [1.807, 2.05) is 12.1 Å². The maximum Gasteiger partial charge on any atom is 0.295 e. The van der Waals surface area contributed by atoms with Gasteiger partial charge in [0.1, 0.15) is 22.1 Å². The van der Waals surface area contributed by atoms with Crippen LogP contribution in [0.5, 0.6) is 0 Å². The number of aromatic nitrogens is 6. The molecule has 0 aliphatic rings. The SMILES string of the molecule is O=C(c1ccccc1)n1nc2ccc3nn(C(=O)c4ccccc4)nc3c2n1. The molecule has 0 atom stereocenters. The molecule has 3 aromatic carbocycles. The van der Waals surface area contributed by atoms with Crippen LogP contribution in [0.25, 0.3) is 22.1 Å². The van der Waals surface area contributed by atoms with Crippen LogP contribution in [-0.4, -0.2) is 41.8 Å². The number of carbonyl (C=O) groups excluding carboxylic acids is 2. The van der Waals surface area contributed by atoms with Crippen LogP contribution in [0, 0.1) is 0 Å². The highest BCUT2D eigenvalue weighted by molar-refractivity contribution is 6.03. The minimum atomic E-state index is -0.349. The van der Waals surface area contributed by atoms with Gasteiger partial charge in [-0.15, -0.1) is 30.0 Å². The van der Waals surface area contributed by atoms with Gasteiger partial charge in [0.2, 0.25) is 0 Å². The first-order valence-corrected chi connectivity index (χ1v) is 8.53. The number of hydrogen-bond acceptors (Lipinski definition) is 6. The van der Waals surface area contributed by atoms with Crippen molar-refractivity contribution in [3.05, 3.63) is 83.9 Å². The highest BCUT2D eigenvalue weighted by atomic mass is 16.2. The van der Waals surface area contributed by atoms with Crippen molar-refractivity contribution < 1.29 is 9.59 Å². The maximum absolute atomic E-state index is 12.6. The van der Waals surface area contributed by atoms with Gasteiger partial charge in [0.25, 0.3) is 11.8 Å². The van der Waals surface area contributed by atoms with Gasteiger partial charge in [0, 0.05) is 11.1 Å². The molecule has 0 amide bonds. The molecule has 5 rings (SSSR count). The molecule has 2 heterocycles. The first-order chi connectivity index (χ1) is 13.7. The standard InChI is InChI=1S/C20H12N6O2/c27-19(13-7-3-1-4-8-13)25-21-15-11-12-16-18(17(15)23-25)24-26(22-16)20(28)14-9-5-2-6-10-14/h1-12H. The lowest BCUT2D eigenvalue weighted by atomic mass is 10.2. The number of carbonyl (C=O) groups is 2. The lowest BCUT2D eigenvalue weighted by Crippen LogP contribution is -2.15. The number of nitrogens with zero attached hydrogens (tertiary/aromatic N) is 6. The predicted octanol–water partition coefficient (Wildman–Crippen LogP) is 2.55. The molecule has 0 unspecified atom stereocenters. The van der Waals surface area contributed by atoms with Crippen LogP contribution in [0.15, 0.2) is 72.8 Å². The van der Waals surface area contributed by atoms with Gasteiger partial charge in [0.05, 0.1) is 0 Å². The van der Waals surface area contributed by atoms with Crippen molar-refractivity contribution in [2.24, 2.45) is 0 Å². The summed E-state index contributed by atoms with van der Waals surface area (Å²) in [4.78, 5) is 27.3. The molecule has 8 heteroatoms. The van der Waals surface area contributed by atoms with Gasteiger partial charge in [-0.05, 0) is 36.4 Å². The summed E-state index contributed by atoms with van der Waals surface area (Å²) in [6, 6.07) is 20.9. The summed E-state index contributed by atoms with van der Waals surface area (Å²) in [6.07, 6.45) is 0. The van der Waals surface area contributed by atoms with Gasteiger partial charge < -0.3 is 0 Å². The molecule has 0 N–H and O–H groups in total. The molecule has 0 fully saturated rings. The first kappa shape index (κ1) is 16.0. The molecule has 0 bridgehead atoms. The van der Waals surface area contributed by atoms with Crippen molar-refractivity contribution in [1.82, 2.24) is 30.0 Å². The van der Waals surface area contributed by atoms with Crippen molar-refractivity contribution in [3.63, 3.8) is 0 Å². The largest absolute Gasteiger partial charge is 0.295 e. The summed E-state index contributed by atoms with van der Waals surface area (Å²) >= 11 is 0. The molecule has 0 radical (unpaired) electrons. The topological polar surface area (TPSA) is 95.6 Å². The van der Waals surface area contributed by atoms with Crippen molar-refractivity contribution in [2.45, 2.75) is 0 Å². The van der Waals surface area contributed by atoms with Gasteiger partial charge in [0.15, 0.2) is 0 Å². The fourth-order valence-corrected chi connectivity index (χ4v) is 2.93. The van der Waals surface area contributed by atoms with Crippen LogP contribution in [0.2, 0.25) is 0 Å². The molecular formula is C20H12N6O2. The minimum Gasteiger partial charge on any atom is -0.265 e. The normalized spacial score (nSPS) is 11.1. The molecule has 0 aliphatic carbocycles. The molecule has 0 saturated heterocycles. The van der Waals surface area contributed by atoms with Crippen molar-refractivity contribution >= 4 is 33.9 Å². The van der Waals surface area contributed by atoms with E-state index in [1.54, 1.807) is 60.7 Å². The number of benzene rings is 3. The highest BCUT2D eigenvalue weighted by Gasteiger charge is 2.18. The average Bonchev–Trinajstić information content (AvgIpc) is 3.38. The van der Waals surface area contributed by atoms with Gasteiger partial charge >= 0.3 is 0 Å². The predicted molar refractivity (Wildman–Crippen MR) is 101 cm³/mol. The van der Waals surface area contributed by atoms with E-state index in [9.17, 15) is 9.59 Å². The minimum absolute atomic E-state index is 0.349. The fraction of sp³-hybridized carbons (Fsp3) is 0. The van der Waals surface area contributed by atoms with Crippen LogP contribution in [0.4, 0.5) is 0 Å². The van der Waals surface area contributed by atoms with Gasteiger partial charge in [-0.25, -0.2) is 0 Å².